The molecule has 2 rings (SSSR count). The van der Waals surface area contributed by atoms with Crippen LogP contribution in [0.1, 0.15) is 0 Å². The maximum absolute atomic E-state index is 13.6. The fourth-order valence-electron chi connectivity index (χ4n) is 1.44. The molecule has 1 amide bonds. The maximum atomic E-state index is 13.6. The van der Waals surface area contributed by atoms with E-state index in [2.05, 4.69) is 4.98 Å². The lowest BCUT2D eigenvalue weighted by atomic mass is 10.3. The van der Waals surface area contributed by atoms with Gasteiger partial charge in [0, 0.05) is 5.38 Å². The molecule has 0 spiro atoms. The van der Waals surface area contributed by atoms with Gasteiger partial charge in [-0.05, 0) is 12.1 Å². The molecule has 0 fully saturated rings. The Morgan fingerprint density at radius 1 is 1.24 bits per heavy atom. The molecule has 21 heavy (non-hydrogen) atoms. The summed E-state index contributed by atoms with van der Waals surface area (Å²) >= 11 is 0.898. The second-order valence-electron chi connectivity index (χ2n) is 3.57. The summed E-state index contributed by atoms with van der Waals surface area (Å²) in [5.74, 6) is -6.12. The topological polar surface area (TPSA) is 87.6 Å². The van der Waals surface area contributed by atoms with Crippen molar-refractivity contribution in [2.45, 2.75) is 4.90 Å². The molecule has 2 aromatic rings. The molecule has 0 atom stereocenters. The van der Waals surface area contributed by atoms with Crippen LogP contribution in [0, 0.1) is 17.5 Å². The highest BCUT2D eigenvalue weighted by Crippen LogP contribution is 2.27. The average molecular weight is 338 g/mol. The summed E-state index contributed by atoms with van der Waals surface area (Å²) in [4.78, 5) is 13.3. The smallest absolute Gasteiger partial charge is 0.427 e. The van der Waals surface area contributed by atoms with Gasteiger partial charge in [0.05, 0.1) is 5.51 Å². The number of halogens is 3. The summed E-state index contributed by atoms with van der Waals surface area (Å²) in [5.41, 5.74) is 1.16. The molecule has 0 unspecified atom stereocenters. The lowest BCUT2D eigenvalue weighted by Crippen LogP contribution is -2.36. The van der Waals surface area contributed by atoms with Crippen LogP contribution >= 0.6 is 11.3 Å². The van der Waals surface area contributed by atoms with E-state index < -0.39 is 44.3 Å². The Morgan fingerprint density at radius 2 is 1.90 bits per heavy atom. The van der Waals surface area contributed by atoms with Crippen molar-refractivity contribution in [3.63, 3.8) is 0 Å². The highest BCUT2D eigenvalue weighted by molar-refractivity contribution is 7.93. The Morgan fingerprint density at radius 3 is 2.43 bits per heavy atom. The fraction of sp³-hybridized carbons (Fsp3) is 0. The quantitative estimate of drug-likeness (QED) is 0.869. The molecule has 0 radical (unpaired) electrons. The number of anilines is 1. The number of benzene rings is 1. The standard InChI is InChI=1S/C10H5F3N2O4S2/c11-5-1-2-6(9(13)8(5)12)21(18,19)15(10(16)17)7-3-20-4-14-7/h1-4H,(H,16,17). The number of hydrogen-bond acceptors (Lipinski definition) is 5. The molecule has 112 valence electrons. The Labute approximate surface area is 120 Å². The van der Waals surface area contributed by atoms with Gasteiger partial charge in [-0.3, -0.25) is 0 Å². The molecule has 0 aliphatic carbocycles. The summed E-state index contributed by atoms with van der Waals surface area (Å²) in [6, 6.07) is 0.817. The highest BCUT2D eigenvalue weighted by atomic mass is 32.2. The van der Waals surface area contributed by atoms with Gasteiger partial charge in [0.2, 0.25) is 0 Å². The van der Waals surface area contributed by atoms with Gasteiger partial charge in [0.1, 0.15) is 4.90 Å². The van der Waals surface area contributed by atoms with Crippen LogP contribution in [0.15, 0.2) is 27.9 Å². The summed E-state index contributed by atoms with van der Waals surface area (Å²) in [5, 5.41) is 10.1. The lowest BCUT2D eigenvalue weighted by Gasteiger charge is -2.17. The number of aromatic nitrogens is 1. The van der Waals surface area contributed by atoms with Gasteiger partial charge in [-0.15, -0.1) is 15.6 Å². The summed E-state index contributed by atoms with van der Waals surface area (Å²) in [7, 11) is -5.00. The molecule has 6 nitrogen and oxygen atoms in total. The Balaban J connectivity index is 2.66. The van der Waals surface area contributed by atoms with Crippen LogP contribution in [0.4, 0.5) is 23.8 Å². The molecule has 0 bridgehead atoms. The summed E-state index contributed by atoms with van der Waals surface area (Å²) in [6.07, 6.45) is -1.97. The van der Waals surface area contributed by atoms with E-state index in [1.807, 2.05) is 0 Å². The van der Waals surface area contributed by atoms with Crippen LogP contribution in [0.3, 0.4) is 0 Å². The fourth-order valence-corrected chi connectivity index (χ4v) is 3.33. The number of thiazole rings is 1. The second kappa shape index (κ2) is 5.33. The predicted octanol–water partition coefficient (Wildman–Crippen LogP) is 2.43. The third-order valence-electron chi connectivity index (χ3n) is 2.32. The van der Waals surface area contributed by atoms with Crippen molar-refractivity contribution < 1.29 is 31.5 Å². The molecule has 11 heteroatoms. The first-order valence-corrected chi connectivity index (χ1v) is 7.45. The van der Waals surface area contributed by atoms with E-state index >= 15 is 0 Å². The van der Waals surface area contributed by atoms with E-state index in [9.17, 15) is 26.4 Å². The average Bonchev–Trinajstić information content (AvgIpc) is 2.88. The zero-order chi connectivity index (χ0) is 15.8. The largest absolute Gasteiger partial charge is 0.464 e. The predicted molar refractivity (Wildman–Crippen MR) is 66.1 cm³/mol. The van der Waals surface area contributed by atoms with E-state index in [0.717, 1.165) is 22.2 Å². The summed E-state index contributed by atoms with van der Waals surface area (Å²) in [6.45, 7) is 0. The molecule has 0 aliphatic heterocycles. The number of hydrogen-bond donors (Lipinski definition) is 1. The molecule has 1 heterocycles. The molecule has 0 saturated carbocycles. The van der Waals surface area contributed by atoms with Gasteiger partial charge in [-0.2, -0.15) is 0 Å². The van der Waals surface area contributed by atoms with Crippen LogP contribution in [0.2, 0.25) is 0 Å². The first-order valence-electron chi connectivity index (χ1n) is 5.06. The number of sulfonamides is 1. The first-order chi connectivity index (χ1) is 9.76. The van der Waals surface area contributed by atoms with E-state index in [-0.39, 0.29) is 4.31 Å². The molecule has 1 aromatic carbocycles. The Bertz CT molecular complexity index is 793. The first kappa shape index (κ1) is 15.3. The normalized spacial score (nSPS) is 11.4. The number of carboxylic acid groups (broad SMARTS) is 1. The van der Waals surface area contributed by atoms with Crippen molar-refractivity contribution >= 4 is 33.3 Å². The number of rotatable bonds is 3. The second-order valence-corrected chi connectivity index (χ2v) is 6.05. The molecule has 0 aliphatic rings. The van der Waals surface area contributed by atoms with Crippen LogP contribution in [0.25, 0.3) is 0 Å². The van der Waals surface area contributed by atoms with Crippen LogP contribution in [-0.4, -0.2) is 24.6 Å². The van der Waals surface area contributed by atoms with Gasteiger partial charge in [-0.1, -0.05) is 0 Å². The van der Waals surface area contributed by atoms with E-state index in [4.69, 9.17) is 5.11 Å². The van der Waals surface area contributed by atoms with Gasteiger partial charge in [0.15, 0.2) is 23.3 Å². The van der Waals surface area contributed by atoms with Crippen LogP contribution < -0.4 is 4.31 Å². The minimum absolute atomic E-state index is 0.223. The van der Waals surface area contributed by atoms with Crippen molar-refractivity contribution in [1.82, 2.24) is 4.98 Å². The van der Waals surface area contributed by atoms with Crippen molar-refractivity contribution in [3.05, 3.63) is 40.5 Å². The van der Waals surface area contributed by atoms with E-state index in [0.29, 0.717) is 12.1 Å². The third-order valence-corrected chi connectivity index (χ3v) is 4.59. The zero-order valence-electron chi connectivity index (χ0n) is 9.83. The molecule has 0 saturated heterocycles. The molecular formula is C10H5F3N2O4S2. The highest BCUT2D eigenvalue weighted by Gasteiger charge is 2.35. The third kappa shape index (κ3) is 2.56. The molecule has 1 aromatic heterocycles. The van der Waals surface area contributed by atoms with Crippen LogP contribution in [0.5, 0.6) is 0 Å². The van der Waals surface area contributed by atoms with Gasteiger partial charge >= 0.3 is 6.09 Å². The van der Waals surface area contributed by atoms with Crippen molar-refractivity contribution in [2.75, 3.05) is 4.31 Å². The minimum Gasteiger partial charge on any atom is -0.464 e. The SMILES string of the molecule is O=C(O)N(c1cscn1)S(=O)(=O)c1ccc(F)c(F)c1F. The molecular weight excluding hydrogens is 333 g/mol. The number of amides is 1. The lowest BCUT2D eigenvalue weighted by molar-refractivity contribution is 0.206. The monoisotopic (exact) mass is 338 g/mol. The van der Waals surface area contributed by atoms with Gasteiger partial charge in [0.25, 0.3) is 10.0 Å². The van der Waals surface area contributed by atoms with Gasteiger partial charge < -0.3 is 5.11 Å². The zero-order valence-corrected chi connectivity index (χ0v) is 11.5. The Kier molecular flexibility index (Phi) is 3.87. The van der Waals surface area contributed by atoms with Crippen molar-refractivity contribution in [3.8, 4) is 0 Å². The minimum atomic E-state index is -5.00. The van der Waals surface area contributed by atoms with E-state index in [1.165, 1.54) is 0 Å². The van der Waals surface area contributed by atoms with Crippen LogP contribution in [-0.2, 0) is 10.0 Å². The van der Waals surface area contributed by atoms with E-state index in [1.54, 1.807) is 0 Å². The van der Waals surface area contributed by atoms with Crippen molar-refractivity contribution in [2.24, 2.45) is 0 Å². The number of carbonyl (C=O) groups is 1. The Hall–Kier alpha value is -2.14. The molecule has 1 N–H and O–H groups in total. The van der Waals surface area contributed by atoms with Crippen molar-refractivity contribution in [1.29, 1.82) is 0 Å². The maximum Gasteiger partial charge on any atom is 0.427 e. The summed E-state index contributed by atoms with van der Waals surface area (Å²) < 4.78 is 63.6. The number of nitrogens with zero attached hydrogens (tertiary/aromatic N) is 2. The van der Waals surface area contributed by atoms with Gasteiger partial charge in [-0.25, -0.2) is 31.4 Å².